The SMILES string of the molecule is O=C(Cl)c1c(F)ccc([N+](=O)[O-])c1F.O=C(O)c1c(F)ccc([N+](=O)[O-])c1F. The lowest BCUT2D eigenvalue weighted by atomic mass is 10.2. The highest BCUT2D eigenvalue weighted by Gasteiger charge is 2.26. The fourth-order valence-corrected chi connectivity index (χ4v) is 1.91. The van der Waals surface area contributed by atoms with Gasteiger partial charge in [-0.2, -0.15) is 8.78 Å². The van der Waals surface area contributed by atoms with Gasteiger partial charge in [-0.1, -0.05) is 0 Å². The summed E-state index contributed by atoms with van der Waals surface area (Å²) in [5.41, 5.74) is -4.49. The summed E-state index contributed by atoms with van der Waals surface area (Å²) in [6.07, 6.45) is 0. The predicted octanol–water partition coefficient (Wildman–Crippen LogP) is 3.82. The summed E-state index contributed by atoms with van der Waals surface area (Å²) in [6.45, 7) is 0. The van der Waals surface area contributed by atoms with Gasteiger partial charge in [-0.3, -0.25) is 25.0 Å². The Morgan fingerprint density at radius 2 is 1.18 bits per heavy atom. The second-order valence-corrected chi connectivity index (χ2v) is 4.95. The fourth-order valence-electron chi connectivity index (χ4n) is 1.74. The molecule has 2 aromatic carbocycles. The predicted molar refractivity (Wildman–Crippen MR) is 83.2 cm³/mol. The third-order valence-corrected chi connectivity index (χ3v) is 3.13. The number of nitro benzene ring substituents is 2. The molecule has 0 saturated heterocycles. The van der Waals surface area contributed by atoms with Crippen molar-refractivity contribution >= 4 is 34.2 Å². The number of carboxylic acids is 1. The standard InChI is InChI=1S/C7H2ClF2NO3.C7H3F2NO4/c8-7(12)5-3(9)1-2-4(6(5)10)11(13)14;8-3-1-2-4(10(13)14)6(9)5(3)7(11)12/h1-2H;1-2H,(H,11,12). The summed E-state index contributed by atoms with van der Waals surface area (Å²) < 4.78 is 51.5. The number of aromatic carboxylic acids is 1. The van der Waals surface area contributed by atoms with Crippen molar-refractivity contribution < 1.29 is 42.1 Å². The lowest BCUT2D eigenvalue weighted by Crippen LogP contribution is -2.07. The van der Waals surface area contributed by atoms with Gasteiger partial charge in [-0.15, -0.1) is 0 Å². The third-order valence-electron chi connectivity index (χ3n) is 2.95. The van der Waals surface area contributed by atoms with Crippen LogP contribution in [0.1, 0.15) is 20.7 Å². The van der Waals surface area contributed by atoms with E-state index in [0.29, 0.717) is 24.3 Å². The number of halogens is 5. The molecule has 28 heavy (non-hydrogen) atoms. The maximum atomic E-state index is 13.0. The minimum Gasteiger partial charge on any atom is -0.477 e. The Labute approximate surface area is 156 Å². The molecule has 9 nitrogen and oxygen atoms in total. The van der Waals surface area contributed by atoms with Gasteiger partial charge in [-0.25, -0.2) is 13.6 Å². The average molecular weight is 425 g/mol. The van der Waals surface area contributed by atoms with Crippen molar-refractivity contribution in [2.75, 3.05) is 0 Å². The van der Waals surface area contributed by atoms with Crippen LogP contribution in [0.25, 0.3) is 0 Å². The van der Waals surface area contributed by atoms with Crippen molar-refractivity contribution in [1.29, 1.82) is 0 Å². The van der Waals surface area contributed by atoms with E-state index in [9.17, 15) is 47.4 Å². The Balaban J connectivity index is 0.000000280. The van der Waals surface area contributed by atoms with Gasteiger partial charge in [0.05, 0.1) is 9.85 Å². The molecule has 0 aromatic heterocycles. The molecule has 1 N–H and O–H groups in total. The van der Waals surface area contributed by atoms with Crippen molar-refractivity contribution in [1.82, 2.24) is 0 Å². The molecular formula is C14H5ClF4N2O7. The first-order valence-corrected chi connectivity index (χ1v) is 6.95. The van der Waals surface area contributed by atoms with Crippen LogP contribution in [0, 0.1) is 43.5 Å². The zero-order valence-electron chi connectivity index (χ0n) is 13.0. The largest absolute Gasteiger partial charge is 0.477 e. The Kier molecular flexibility index (Phi) is 7.09. The van der Waals surface area contributed by atoms with E-state index in [1.165, 1.54) is 0 Å². The molecule has 0 spiro atoms. The van der Waals surface area contributed by atoms with E-state index in [-0.39, 0.29) is 0 Å². The van der Waals surface area contributed by atoms with Gasteiger partial charge in [0.25, 0.3) is 5.24 Å². The molecule has 0 amide bonds. The minimum atomic E-state index is -1.89. The first kappa shape index (κ1) is 22.4. The summed E-state index contributed by atoms with van der Waals surface area (Å²) in [4.78, 5) is 39.0. The normalized spacial score (nSPS) is 9.89. The maximum Gasteiger partial charge on any atom is 0.341 e. The molecule has 0 aliphatic carbocycles. The zero-order valence-corrected chi connectivity index (χ0v) is 13.7. The number of nitrogens with zero attached hydrogens (tertiary/aromatic N) is 2. The molecule has 14 heteroatoms. The molecule has 2 aromatic rings. The first-order valence-electron chi connectivity index (χ1n) is 6.58. The molecule has 0 saturated carbocycles. The number of hydrogen-bond donors (Lipinski definition) is 1. The number of nitro groups is 2. The van der Waals surface area contributed by atoms with Gasteiger partial charge >= 0.3 is 17.3 Å². The topological polar surface area (TPSA) is 141 Å². The summed E-state index contributed by atoms with van der Waals surface area (Å²) in [5.74, 6) is -7.70. The highest BCUT2D eigenvalue weighted by Crippen LogP contribution is 2.24. The smallest absolute Gasteiger partial charge is 0.341 e. The first-order chi connectivity index (χ1) is 12.9. The van der Waals surface area contributed by atoms with E-state index in [1.54, 1.807) is 0 Å². The molecule has 0 heterocycles. The van der Waals surface area contributed by atoms with E-state index in [1.807, 2.05) is 0 Å². The summed E-state index contributed by atoms with van der Waals surface area (Å²) in [5, 5.41) is 27.3. The lowest BCUT2D eigenvalue weighted by Gasteiger charge is -1.99. The lowest BCUT2D eigenvalue weighted by molar-refractivity contribution is -0.387. The zero-order chi connectivity index (χ0) is 21.8. The van der Waals surface area contributed by atoms with E-state index >= 15 is 0 Å². The molecule has 2 rings (SSSR count). The molecule has 0 aliphatic heterocycles. The molecule has 0 bridgehead atoms. The number of carbonyl (C=O) groups is 2. The summed E-state index contributed by atoms with van der Waals surface area (Å²) in [7, 11) is 0. The quantitative estimate of drug-likeness (QED) is 0.340. The van der Waals surface area contributed by atoms with Gasteiger partial charge in [0.15, 0.2) is 0 Å². The molecule has 0 fully saturated rings. The van der Waals surface area contributed by atoms with E-state index < -0.39 is 66.8 Å². The van der Waals surface area contributed by atoms with E-state index in [4.69, 9.17) is 16.7 Å². The van der Waals surface area contributed by atoms with Crippen LogP contribution in [0.4, 0.5) is 28.9 Å². The van der Waals surface area contributed by atoms with Crippen LogP contribution in [0.3, 0.4) is 0 Å². The fraction of sp³-hybridized carbons (Fsp3) is 0. The number of rotatable bonds is 4. The van der Waals surface area contributed by atoms with E-state index in [2.05, 4.69) is 0 Å². The Morgan fingerprint density at radius 3 is 1.50 bits per heavy atom. The van der Waals surface area contributed by atoms with Crippen LogP contribution in [0.15, 0.2) is 24.3 Å². The van der Waals surface area contributed by atoms with Crippen LogP contribution in [0.2, 0.25) is 0 Å². The Morgan fingerprint density at radius 1 is 0.821 bits per heavy atom. The third kappa shape index (κ3) is 4.76. The van der Waals surface area contributed by atoms with E-state index in [0.717, 1.165) is 0 Å². The van der Waals surface area contributed by atoms with Crippen molar-refractivity contribution in [2.45, 2.75) is 0 Å². The Hall–Kier alpha value is -3.61. The van der Waals surface area contributed by atoms with Crippen molar-refractivity contribution in [3.63, 3.8) is 0 Å². The highest BCUT2D eigenvalue weighted by atomic mass is 35.5. The number of benzene rings is 2. The Bertz CT molecular complexity index is 921. The molecule has 0 atom stereocenters. The second-order valence-electron chi connectivity index (χ2n) is 4.60. The van der Waals surface area contributed by atoms with Crippen molar-refractivity contribution in [2.24, 2.45) is 0 Å². The van der Waals surface area contributed by atoms with Crippen LogP contribution in [0.5, 0.6) is 0 Å². The van der Waals surface area contributed by atoms with Crippen LogP contribution >= 0.6 is 11.6 Å². The average Bonchev–Trinajstić information content (AvgIpc) is 2.54. The highest BCUT2D eigenvalue weighted by molar-refractivity contribution is 6.67. The van der Waals surface area contributed by atoms with Gasteiger partial charge in [-0.05, 0) is 23.7 Å². The number of carbonyl (C=O) groups excluding carboxylic acids is 1. The molecule has 0 radical (unpaired) electrons. The molecule has 0 unspecified atom stereocenters. The minimum absolute atomic E-state index is 0.532. The summed E-state index contributed by atoms with van der Waals surface area (Å²) >= 11 is 4.85. The monoisotopic (exact) mass is 424 g/mol. The van der Waals surface area contributed by atoms with Crippen molar-refractivity contribution in [3.8, 4) is 0 Å². The van der Waals surface area contributed by atoms with Gasteiger partial charge in [0, 0.05) is 12.1 Å². The van der Waals surface area contributed by atoms with Gasteiger partial charge < -0.3 is 5.11 Å². The maximum absolute atomic E-state index is 13.0. The van der Waals surface area contributed by atoms with Crippen molar-refractivity contribution in [3.05, 3.63) is 78.9 Å². The van der Waals surface area contributed by atoms with Crippen LogP contribution in [-0.4, -0.2) is 26.2 Å². The second kappa shape index (κ2) is 8.85. The molecule has 0 aliphatic rings. The van der Waals surface area contributed by atoms with Gasteiger partial charge in [0.1, 0.15) is 22.8 Å². The van der Waals surface area contributed by atoms with Crippen LogP contribution < -0.4 is 0 Å². The number of carboxylic acid groups (broad SMARTS) is 1. The number of hydrogen-bond acceptors (Lipinski definition) is 6. The summed E-state index contributed by atoms with van der Waals surface area (Å²) in [6, 6.07) is 2.33. The van der Waals surface area contributed by atoms with Gasteiger partial charge in [0.2, 0.25) is 11.6 Å². The molecular weight excluding hydrogens is 420 g/mol. The van der Waals surface area contributed by atoms with Crippen LogP contribution in [-0.2, 0) is 0 Å². The molecule has 148 valence electrons.